The molecule has 1 aromatic carbocycles. The van der Waals surface area contributed by atoms with Gasteiger partial charge < -0.3 is 15.0 Å². The number of anilines is 1. The van der Waals surface area contributed by atoms with Gasteiger partial charge in [-0.3, -0.25) is 14.0 Å². The highest BCUT2D eigenvalue weighted by atomic mass is 32.2. The van der Waals surface area contributed by atoms with Gasteiger partial charge in [0.2, 0.25) is 0 Å². The Labute approximate surface area is 88.6 Å². The first-order valence-electron chi connectivity index (χ1n) is 3.87. The molecule has 0 aliphatic carbocycles. The summed E-state index contributed by atoms with van der Waals surface area (Å²) in [5, 5.41) is 0. The molecular weight excluding hydrogens is 218 g/mol. The first kappa shape index (κ1) is 11.3. The first-order chi connectivity index (χ1) is 7.08. The number of hydrogen-bond acceptors (Lipinski definition) is 4. The van der Waals surface area contributed by atoms with Crippen LogP contribution in [0.3, 0.4) is 0 Å². The molecule has 1 aromatic rings. The lowest BCUT2D eigenvalue weighted by atomic mass is 10.3. The molecule has 0 aromatic heterocycles. The third kappa shape index (κ3) is 4.34. The van der Waals surface area contributed by atoms with E-state index in [-0.39, 0.29) is 0 Å². The summed E-state index contributed by atoms with van der Waals surface area (Å²) in [6.45, 7) is 0. The van der Waals surface area contributed by atoms with E-state index >= 15 is 0 Å². The van der Waals surface area contributed by atoms with Gasteiger partial charge in [-0.1, -0.05) is 0 Å². The fourth-order valence-corrected chi connectivity index (χ4v) is 1.18. The number of amides is 1. The van der Waals surface area contributed by atoms with Gasteiger partial charge in [-0.25, -0.2) is 0 Å². The van der Waals surface area contributed by atoms with Crippen LogP contribution >= 0.6 is 0 Å². The maximum Gasteiger partial charge on any atom is 0.259 e. The Balaban J connectivity index is 2.72. The number of nitrogens with one attached hydrogen (secondary N) is 1. The van der Waals surface area contributed by atoms with E-state index < -0.39 is 17.2 Å². The minimum absolute atomic E-state index is 0.418. The third-order valence-corrected chi connectivity index (χ3v) is 1.81. The zero-order chi connectivity index (χ0) is 11.3. The second-order valence-electron chi connectivity index (χ2n) is 2.54. The smallest absolute Gasteiger partial charge is 0.259 e. The number of primary amides is 1. The van der Waals surface area contributed by atoms with Crippen molar-refractivity contribution in [2.45, 2.75) is 0 Å². The fourth-order valence-electron chi connectivity index (χ4n) is 0.850. The summed E-state index contributed by atoms with van der Waals surface area (Å²) in [5.74, 6) is -0.641. The Morgan fingerprint density at radius 2 is 2.07 bits per heavy atom. The van der Waals surface area contributed by atoms with Gasteiger partial charge in [0.15, 0.2) is 0 Å². The number of nitrogens with zero attached hydrogens (tertiary/aromatic N) is 1. The summed E-state index contributed by atoms with van der Waals surface area (Å²) in [6.07, 6.45) is 0.980. The molecule has 0 aliphatic rings. The molecule has 80 valence electrons. The van der Waals surface area contributed by atoms with Crippen LogP contribution in [0.1, 0.15) is 0 Å². The van der Waals surface area contributed by atoms with Gasteiger partial charge in [0, 0.05) is 17.0 Å². The molecule has 0 radical (unpaired) electrons. The van der Waals surface area contributed by atoms with Gasteiger partial charge in [0.05, 0.1) is 11.9 Å². The van der Waals surface area contributed by atoms with E-state index in [1.165, 1.54) is 12.1 Å². The minimum atomic E-state index is -2.35. The Kier molecular flexibility index (Phi) is 3.95. The van der Waals surface area contributed by atoms with Gasteiger partial charge >= 0.3 is 0 Å². The predicted molar refractivity (Wildman–Crippen MR) is 56.3 cm³/mol. The number of carbonyl (C=O) groups excluding carboxylic acids is 1. The van der Waals surface area contributed by atoms with E-state index in [0.29, 0.717) is 11.4 Å². The molecule has 1 unspecified atom stereocenters. The summed E-state index contributed by atoms with van der Waals surface area (Å²) in [4.78, 5) is 14.1. The van der Waals surface area contributed by atoms with Gasteiger partial charge in [-0.15, -0.1) is 0 Å². The third-order valence-electron chi connectivity index (χ3n) is 1.41. The Hall–Kier alpha value is -1.73. The van der Waals surface area contributed by atoms with Crippen LogP contribution in [0.4, 0.5) is 11.4 Å². The highest BCUT2D eigenvalue weighted by Crippen LogP contribution is 2.15. The second kappa shape index (κ2) is 5.23. The molecule has 15 heavy (non-hydrogen) atoms. The molecule has 6 nitrogen and oxygen atoms in total. The standard InChI is InChI=1S/C8H9N3O3S/c9-8(12)5-10-6-1-3-7(4-2-6)11-15(13)14/h1-5,11H,(H2,9,12)(H,13,14)/p-1. The lowest BCUT2D eigenvalue weighted by molar-refractivity contribution is -0.111. The largest absolute Gasteiger partial charge is 0.755 e. The van der Waals surface area contributed by atoms with Crippen molar-refractivity contribution in [1.29, 1.82) is 0 Å². The van der Waals surface area contributed by atoms with E-state index in [1.807, 2.05) is 0 Å². The van der Waals surface area contributed by atoms with Crippen molar-refractivity contribution < 1.29 is 13.6 Å². The number of hydrogen-bond donors (Lipinski definition) is 2. The van der Waals surface area contributed by atoms with Crippen LogP contribution in [-0.4, -0.2) is 20.9 Å². The fraction of sp³-hybridized carbons (Fsp3) is 0. The van der Waals surface area contributed by atoms with Crippen LogP contribution in [-0.2, 0) is 16.1 Å². The minimum Gasteiger partial charge on any atom is -0.755 e. The summed E-state index contributed by atoms with van der Waals surface area (Å²) >= 11 is -2.35. The van der Waals surface area contributed by atoms with Crippen molar-refractivity contribution in [1.82, 2.24) is 0 Å². The maximum atomic E-state index is 10.4. The van der Waals surface area contributed by atoms with E-state index in [0.717, 1.165) is 6.21 Å². The quantitative estimate of drug-likeness (QED) is 0.560. The van der Waals surface area contributed by atoms with E-state index in [2.05, 4.69) is 9.71 Å². The summed E-state index contributed by atoms with van der Waals surface area (Å²) in [6, 6.07) is 6.14. The molecule has 0 saturated carbocycles. The molecule has 1 atom stereocenters. The molecule has 0 spiro atoms. The van der Waals surface area contributed by atoms with Crippen LogP contribution in [0.5, 0.6) is 0 Å². The van der Waals surface area contributed by atoms with Crippen molar-refractivity contribution in [2.24, 2.45) is 10.7 Å². The maximum absolute atomic E-state index is 10.4. The number of rotatable bonds is 4. The zero-order valence-electron chi connectivity index (χ0n) is 7.54. The van der Waals surface area contributed by atoms with Gasteiger partial charge in [-0.2, -0.15) is 0 Å². The van der Waals surface area contributed by atoms with Gasteiger partial charge in [0.1, 0.15) is 0 Å². The monoisotopic (exact) mass is 226 g/mol. The zero-order valence-corrected chi connectivity index (χ0v) is 8.36. The van der Waals surface area contributed by atoms with Crippen LogP contribution in [0.2, 0.25) is 0 Å². The van der Waals surface area contributed by atoms with Crippen LogP contribution in [0.15, 0.2) is 29.3 Å². The molecule has 1 amide bonds. The average molecular weight is 226 g/mol. The van der Waals surface area contributed by atoms with Crippen molar-refractivity contribution in [2.75, 3.05) is 4.72 Å². The Morgan fingerprint density at radius 1 is 1.47 bits per heavy atom. The van der Waals surface area contributed by atoms with Crippen LogP contribution in [0.25, 0.3) is 0 Å². The SMILES string of the molecule is NC(=O)C=Nc1ccc(NS(=O)[O-])cc1. The van der Waals surface area contributed by atoms with Crippen molar-refractivity contribution in [3.8, 4) is 0 Å². The molecule has 0 heterocycles. The Bertz CT molecular complexity index is 402. The molecule has 0 bridgehead atoms. The lowest BCUT2D eigenvalue weighted by Crippen LogP contribution is -2.10. The number of benzene rings is 1. The van der Waals surface area contributed by atoms with Crippen molar-refractivity contribution in [3.05, 3.63) is 24.3 Å². The summed E-state index contributed by atoms with van der Waals surface area (Å²) < 4.78 is 22.7. The highest BCUT2D eigenvalue weighted by molar-refractivity contribution is 7.80. The number of nitrogens with two attached hydrogens (primary N) is 1. The summed E-state index contributed by atoms with van der Waals surface area (Å²) in [7, 11) is 0. The Morgan fingerprint density at radius 3 is 2.53 bits per heavy atom. The van der Waals surface area contributed by atoms with Crippen molar-refractivity contribution in [3.63, 3.8) is 0 Å². The van der Waals surface area contributed by atoms with Crippen LogP contribution < -0.4 is 10.5 Å². The van der Waals surface area contributed by atoms with Gasteiger partial charge in [-0.05, 0) is 24.3 Å². The van der Waals surface area contributed by atoms with E-state index in [9.17, 15) is 13.6 Å². The molecule has 3 N–H and O–H groups in total. The molecule has 1 rings (SSSR count). The lowest BCUT2D eigenvalue weighted by Gasteiger charge is -2.07. The van der Waals surface area contributed by atoms with Crippen molar-refractivity contribution >= 4 is 34.8 Å². The number of carbonyl (C=O) groups is 1. The highest BCUT2D eigenvalue weighted by Gasteiger charge is 1.92. The molecule has 0 saturated heterocycles. The molecule has 7 heteroatoms. The summed E-state index contributed by atoms with van der Waals surface area (Å²) in [5.41, 5.74) is 5.78. The average Bonchev–Trinajstić information content (AvgIpc) is 2.16. The topological polar surface area (TPSA) is 108 Å². The number of aliphatic imine (C=N–C) groups is 1. The van der Waals surface area contributed by atoms with Crippen LogP contribution in [0, 0.1) is 0 Å². The normalized spacial score (nSPS) is 12.6. The van der Waals surface area contributed by atoms with E-state index in [4.69, 9.17) is 5.73 Å². The molecule has 0 fully saturated rings. The van der Waals surface area contributed by atoms with E-state index in [1.54, 1.807) is 12.1 Å². The second-order valence-corrected chi connectivity index (χ2v) is 3.22. The predicted octanol–water partition coefficient (Wildman–Crippen LogP) is 0.0802. The molecular formula is C8H8N3O3S-. The first-order valence-corrected chi connectivity index (χ1v) is 4.95. The van der Waals surface area contributed by atoms with Gasteiger partial charge in [0.25, 0.3) is 5.91 Å². The molecule has 0 aliphatic heterocycles.